The van der Waals surface area contributed by atoms with Crippen molar-refractivity contribution in [1.82, 2.24) is 4.90 Å². The fraction of sp³-hybridized carbons (Fsp3) is 1.00. The van der Waals surface area contributed by atoms with Gasteiger partial charge in [0.1, 0.15) is 0 Å². The van der Waals surface area contributed by atoms with Gasteiger partial charge in [-0.05, 0) is 39.8 Å². The molecule has 0 aliphatic carbocycles. The molecule has 17 heavy (non-hydrogen) atoms. The first kappa shape index (κ1) is 16.9. The van der Waals surface area contributed by atoms with Crippen LogP contribution in [0.4, 0.5) is 0 Å². The zero-order valence-electron chi connectivity index (χ0n) is 12.9. The van der Waals surface area contributed by atoms with E-state index in [0.29, 0.717) is 0 Å². The molecule has 0 spiro atoms. The lowest BCUT2D eigenvalue weighted by atomic mass is 9.81. The Kier molecular flexibility index (Phi) is 8.06. The summed E-state index contributed by atoms with van der Waals surface area (Å²) in [6.07, 6.45) is 7.53. The fourth-order valence-corrected chi connectivity index (χ4v) is 2.50. The third kappa shape index (κ3) is 4.97. The molecule has 0 aromatic rings. The number of hydrogen-bond donors (Lipinski definition) is 1. The van der Waals surface area contributed by atoms with Crippen LogP contribution in [0.1, 0.15) is 66.2 Å². The summed E-state index contributed by atoms with van der Waals surface area (Å²) in [6, 6.07) is 0.282. The van der Waals surface area contributed by atoms with E-state index in [0.717, 1.165) is 12.3 Å². The zero-order chi connectivity index (χ0) is 13.5. The van der Waals surface area contributed by atoms with Crippen molar-refractivity contribution in [2.75, 3.05) is 14.1 Å². The maximum absolute atomic E-state index is 6.47. The molecular formula is C15H34N2. The maximum atomic E-state index is 6.47. The second-order valence-electron chi connectivity index (χ2n) is 5.86. The van der Waals surface area contributed by atoms with E-state index in [1.54, 1.807) is 0 Å². The Balaban J connectivity index is 4.41. The van der Waals surface area contributed by atoms with Crippen LogP contribution in [0.5, 0.6) is 0 Å². The first-order chi connectivity index (χ1) is 7.92. The third-order valence-corrected chi connectivity index (χ3v) is 4.67. The lowest BCUT2D eigenvalue weighted by molar-refractivity contribution is 0.116. The van der Waals surface area contributed by atoms with Crippen LogP contribution in [0, 0.1) is 5.92 Å². The van der Waals surface area contributed by atoms with Gasteiger partial charge in [0.05, 0.1) is 0 Å². The van der Waals surface area contributed by atoms with Gasteiger partial charge in [-0.3, -0.25) is 0 Å². The van der Waals surface area contributed by atoms with Crippen molar-refractivity contribution in [3.8, 4) is 0 Å². The molecule has 0 heterocycles. The Hall–Kier alpha value is -0.0800. The second-order valence-corrected chi connectivity index (χ2v) is 5.86. The molecular weight excluding hydrogens is 208 g/mol. The van der Waals surface area contributed by atoms with Crippen LogP contribution >= 0.6 is 0 Å². The first-order valence-corrected chi connectivity index (χ1v) is 7.35. The van der Waals surface area contributed by atoms with Gasteiger partial charge in [0.15, 0.2) is 0 Å². The molecule has 0 radical (unpaired) electrons. The van der Waals surface area contributed by atoms with Crippen molar-refractivity contribution in [3.63, 3.8) is 0 Å². The van der Waals surface area contributed by atoms with Gasteiger partial charge in [-0.1, -0.05) is 46.5 Å². The van der Waals surface area contributed by atoms with E-state index >= 15 is 0 Å². The minimum atomic E-state index is 0.139. The predicted molar refractivity (Wildman–Crippen MR) is 78.3 cm³/mol. The van der Waals surface area contributed by atoms with Gasteiger partial charge in [-0.25, -0.2) is 0 Å². The molecule has 0 aliphatic rings. The molecule has 0 bridgehead atoms. The number of hydrogen-bond acceptors (Lipinski definition) is 2. The highest BCUT2D eigenvalue weighted by molar-refractivity contribution is 4.93. The minimum absolute atomic E-state index is 0.139. The highest BCUT2D eigenvalue weighted by Crippen LogP contribution is 2.27. The van der Waals surface area contributed by atoms with Crippen molar-refractivity contribution in [3.05, 3.63) is 0 Å². The lowest BCUT2D eigenvalue weighted by Crippen LogP contribution is -2.55. The molecule has 0 aromatic carbocycles. The Bertz CT molecular complexity index is 191. The number of rotatable bonds is 9. The maximum Gasteiger partial charge on any atom is 0.0323 e. The van der Waals surface area contributed by atoms with E-state index in [4.69, 9.17) is 5.73 Å². The van der Waals surface area contributed by atoms with Gasteiger partial charge in [-0.2, -0.15) is 0 Å². The van der Waals surface area contributed by atoms with Crippen LogP contribution in [0.3, 0.4) is 0 Å². The smallest absolute Gasteiger partial charge is 0.0323 e. The molecule has 0 saturated heterocycles. The normalized spacial score (nSPS) is 19.1. The van der Waals surface area contributed by atoms with Crippen molar-refractivity contribution < 1.29 is 0 Å². The Labute approximate surface area is 109 Å². The van der Waals surface area contributed by atoms with E-state index < -0.39 is 0 Å². The van der Waals surface area contributed by atoms with E-state index in [2.05, 4.69) is 46.7 Å². The van der Waals surface area contributed by atoms with Crippen LogP contribution in [-0.4, -0.2) is 30.6 Å². The van der Waals surface area contributed by atoms with Gasteiger partial charge >= 0.3 is 0 Å². The van der Waals surface area contributed by atoms with Crippen molar-refractivity contribution in [2.24, 2.45) is 11.7 Å². The van der Waals surface area contributed by atoms with Crippen molar-refractivity contribution in [1.29, 1.82) is 0 Å². The average molecular weight is 242 g/mol. The summed E-state index contributed by atoms with van der Waals surface area (Å²) in [4.78, 5) is 2.30. The quantitative estimate of drug-likeness (QED) is 0.669. The van der Waals surface area contributed by atoms with Crippen LogP contribution in [-0.2, 0) is 0 Å². The summed E-state index contributed by atoms with van der Waals surface area (Å²) in [5.41, 5.74) is 6.61. The van der Waals surface area contributed by atoms with E-state index in [-0.39, 0.29) is 11.6 Å². The van der Waals surface area contributed by atoms with Crippen LogP contribution in [0.25, 0.3) is 0 Å². The van der Waals surface area contributed by atoms with E-state index in [1.165, 1.54) is 32.1 Å². The summed E-state index contributed by atoms with van der Waals surface area (Å²) in [5, 5.41) is 0. The van der Waals surface area contributed by atoms with Gasteiger partial charge in [0.2, 0.25) is 0 Å². The highest BCUT2D eigenvalue weighted by atomic mass is 15.2. The Morgan fingerprint density at radius 2 is 1.76 bits per heavy atom. The van der Waals surface area contributed by atoms with Crippen molar-refractivity contribution in [2.45, 2.75) is 77.8 Å². The summed E-state index contributed by atoms with van der Waals surface area (Å²) in [7, 11) is 4.30. The molecule has 0 aliphatic heterocycles. The SMILES string of the molecule is CCCCC(CC)CC(N)C(C)(CC)N(C)C. The minimum Gasteiger partial charge on any atom is -0.326 e. The van der Waals surface area contributed by atoms with Crippen LogP contribution in [0.15, 0.2) is 0 Å². The molecule has 3 atom stereocenters. The zero-order valence-corrected chi connectivity index (χ0v) is 12.9. The summed E-state index contributed by atoms with van der Waals surface area (Å²) < 4.78 is 0. The van der Waals surface area contributed by atoms with Gasteiger partial charge in [-0.15, -0.1) is 0 Å². The monoisotopic (exact) mass is 242 g/mol. The lowest BCUT2D eigenvalue weighted by Gasteiger charge is -2.42. The molecule has 0 rings (SSSR count). The summed E-state index contributed by atoms with van der Waals surface area (Å²) in [6.45, 7) is 9.10. The topological polar surface area (TPSA) is 29.3 Å². The van der Waals surface area contributed by atoms with Crippen LogP contribution < -0.4 is 5.73 Å². The molecule has 2 heteroatoms. The molecule has 0 fully saturated rings. The molecule has 0 saturated carbocycles. The fourth-order valence-electron chi connectivity index (χ4n) is 2.50. The number of unbranched alkanes of at least 4 members (excludes halogenated alkanes) is 1. The average Bonchev–Trinajstić information content (AvgIpc) is 2.32. The number of likely N-dealkylation sites (N-methyl/N-ethyl adjacent to an activating group) is 1. The second kappa shape index (κ2) is 8.10. The standard InChI is InChI=1S/C15H34N2/c1-7-10-11-13(8-2)12-14(16)15(4,9-3)17(5)6/h13-14H,7-12,16H2,1-6H3. The van der Waals surface area contributed by atoms with Gasteiger partial charge < -0.3 is 10.6 Å². The molecule has 104 valence electrons. The summed E-state index contributed by atoms with van der Waals surface area (Å²) in [5.74, 6) is 0.802. The number of nitrogens with zero attached hydrogens (tertiary/aromatic N) is 1. The third-order valence-electron chi connectivity index (χ3n) is 4.67. The van der Waals surface area contributed by atoms with E-state index in [9.17, 15) is 0 Å². The highest BCUT2D eigenvalue weighted by Gasteiger charge is 2.33. The van der Waals surface area contributed by atoms with Crippen molar-refractivity contribution >= 4 is 0 Å². The summed E-state index contributed by atoms with van der Waals surface area (Å²) >= 11 is 0. The molecule has 0 amide bonds. The van der Waals surface area contributed by atoms with Gasteiger partial charge in [0.25, 0.3) is 0 Å². The first-order valence-electron chi connectivity index (χ1n) is 7.35. The molecule has 0 aromatic heterocycles. The largest absolute Gasteiger partial charge is 0.326 e. The number of nitrogens with two attached hydrogens (primary N) is 1. The predicted octanol–water partition coefficient (Wildman–Crippen LogP) is 3.65. The molecule has 2 nitrogen and oxygen atoms in total. The molecule has 3 unspecified atom stereocenters. The Morgan fingerprint density at radius 1 is 1.18 bits per heavy atom. The Morgan fingerprint density at radius 3 is 2.12 bits per heavy atom. The van der Waals surface area contributed by atoms with Gasteiger partial charge in [0, 0.05) is 11.6 Å². The van der Waals surface area contributed by atoms with Crippen LogP contribution in [0.2, 0.25) is 0 Å². The molecule has 2 N–H and O–H groups in total. The van der Waals surface area contributed by atoms with E-state index in [1.807, 2.05) is 0 Å².